The molecular weight excluding hydrogens is 217 g/mol. The van der Waals surface area contributed by atoms with Crippen LogP contribution >= 0.6 is 0 Å². The molecule has 0 radical (unpaired) electrons. The summed E-state index contributed by atoms with van der Waals surface area (Å²) in [5, 5.41) is 0. The lowest BCUT2D eigenvalue weighted by Gasteiger charge is -2.33. The van der Waals surface area contributed by atoms with Crippen molar-refractivity contribution in [3.05, 3.63) is 35.1 Å². The molecule has 0 spiro atoms. The van der Waals surface area contributed by atoms with E-state index in [1.807, 2.05) is 20.0 Å². The number of hydrogen-bond donors (Lipinski definition) is 0. The Kier molecular flexibility index (Phi) is 3.46. The van der Waals surface area contributed by atoms with Crippen LogP contribution in [0.1, 0.15) is 43.4 Å². The number of benzene rings is 1. The highest BCUT2D eigenvalue weighted by molar-refractivity contribution is 5.76. The van der Waals surface area contributed by atoms with Crippen LogP contribution in [0.15, 0.2) is 18.2 Å². The summed E-state index contributed by atoms with van der Waals surface area (Å²) in [5.41, 5.74) is 1.78. The lowest BCUT2D eigenvalue weighted by atomic mass is 9.86. The van der Waals surface area contributed by atoms with Crippen molar-refractivity contribution in [1.29, 1.82) is 0 Å². The zero-order valence-corrected chi connectivity index (χ0v) is 10.4. The van der Waals surface area contributed by atoms with Gasteiger partial charge in [-0.3, -0.25) is 4.79 Å². The molecule has 1 aliphatic carbocycles. The van der Waals surface area contributed by atoms with Crippen LogP contribution in [0.3, 0.4) is 0 Å². The molecule has 17 heavy (non-hydrogen) atoms. The number of carbonyl (C=O) groups is 1. The average molecular weight is 235 g/mol. The van der Waals surface area contributed by atoms with Gasteiger partial charge in [0, 0.05) is 13.5 Å². The molecule has 0 bridgehead atoms. The van der Waals surface area contributed by atoms with Crippen molar-refractivity contribution in [3.8, 4) is 0 Å². The lowest BCUT2D eigenvalue weighted by Crippen LogP contribution is -2.33. The largest absolute Gasteiger partial charge is 0.339 e. The van der Waals surface area contributed by atoms with Gasteiger partial charge in [0.1, 0.15) is 5.82 Å². The van der Waals surface area contributed by atoms with Crippen molar-refractivity contribution in [1.82, 2.24) is 4.90 Å². The Bertz CT molecular complexity index is 430. The highest BCUT2D eigenvalue weighted by Gasteiger charge is 2.27. The van der Waals surface area contributed by atoms with Crippen LogP contribution in [0.5, 0.6) is 0 Å². The molecule has 92 valence electrons. The number of fused-ring (bicyclic) bond motifs is 1. The third kappa shape index (κ3) is 2.19. The van der Waals surface area contributed by atoms with Crippen LogP contribution in [-0.4, -0.2) is 17.9 Å². The first-order valence-corrected chi connectivity index (χ1v) is 6.18. The average Bonchev–Trinajstić information content (AvgIpc) is 2.37. The molecule has 1 aliphatic rings. The van der Waals surface area contributed by atoms with E-state index in [0.717, 1.165) is 30.4 Å². The smallest absolute Gasteiger partial charge is 0.222 e. The number of halogens is 1. The molecule has 0 aliphatic heterocycles. The summed E-state index contributed by atoms with van der Waals surface area (Å²) >= 11 is 0. The molecule has 0 heterocycles. The monoisotopic (exact) mass is 235 g/mol. The maximum Gasteiger partial charge on any atom is 0.222 e. The second-order valence-corrected chi connectivity index (χ2v) is 4.57. The van der Waals surface area contributed by atoms with Crippen molar-refractivity contribution >= 4 is 5.91 Å². The number of rotatable bonds is 2. The van der Waals surface area contributed by atoms with Crippen molar-refractivity contribution < 1.29 is 9.18 Å². The van der Waals surface area contributed by atoms with Gasteiger partial charge in [0.2, 0.25) is 5.91 Å². The van der Waals surface area contributed by atoms with Crippen molar-refractivity contribution in [2.24, 2.45) is 0 Å². The van der Waals surface area contributed by atoms with Crippen molar-refractivity contribution in [2.75, 3.05) is 7.05 Å². The standard InChI is InChI=1S/C14H18FNO/c1-3-14(17)16(2)13-9-5-6-10-11(13)7-4-8-12(10)15/h4,7-8,13H,3,5-6,9H2,1-2H3. The minimum Gasteiger partial charge on any atom is -0.339 e. The molecule has 1 unspecified atom stereocenters. The maximum absolute atomic E-state index is 13.7. The number of hydrogen-bond acceptors (Lipinski definition) is 1. The summed E-state index contributed by atoms with van der Waals surface area (Å²) < 4.78 is 13.7. The van der Waals surface area contributed by atoms with Gasteiger partial charge >= 0.3 is 0 Å². The molecule has 2 rings (SSSR count). The summed E-state index contributed by atoms with van der Waals surface area (Å²) in [4.78, 5) is 13.5. The zero-order chi connectivity index (χ0) is 12.4. The molecule has 1 aromatic rings. The van der Waals surface area contributed by atoms with Gasteiger partial charge in [0.05, 0.1) is 6.04 Å². The van der Waals surface area contributed by atoms with Gasteiger partial charge < -0.3 is 4.90 Å². The van der Waals surface area contributed by atoms with Crippen LogP contribution in [0.25, 0.3) is 0 Å². The molecule has 0 fully saturated rings. The van der Waals surface area contributed by atoms with Crippen LogP contribution in [0, 0.1) is 5.82 Å². The summed E-state index contributed by atoms with van der Waals surface area (Å²) in [5.74, 6) is -0.0170. The predicted molar refractivity (Wildman–Crippen MR) is 65.1 cm³/mol. The minimum absolute atomic E-state index is 0.0434. The summed E-state index contributed by atoms with van der Waals surface area (Å²) in [6, 6.07) is 5.23. The Hall–Kier alpha value is -1.38. The third-order valence-electron chi connectivity index (χ3n) is 3.58. The Morgan fingerprint density at radius 2 is 2.29 bits per heavy atom. The van der Waals surface area contributed by atoms with Gasteiger partial charge in [-0.15, -0.1) is 0 Å². The highest BCUT2D eigenvalue weighted by Crippen LogP contribution is 2.34. The molecular formula is C14H18FNO. The molecule has 1 atom stereocenters. The topological polar surface area (TPSA) is 20.3 Å². The van der Waals surface area contributed by atoms with Gasteiger partial charge in [-0.05, 0) is 36.5 Å². The van der Waals surface area contributed by atoms with E-state index in [2.05, 4.69) is 0 Å². The minimum atomic E-state index is -0.135. The lowest BCUT2D eigenvalue weighted by molar-refractivity contribution is -0.132. The fourth-order valence-corrected chi connectivity index (χ4v) is 2.60. The highest BCUT2D eigenvalue weighted by atomic mass is 19.1. The first kappa shape index (κ1) is 12.1. The number of amides is 1. The van der Waals surface area contributed by atoms with E-state index in [4.69, 9.17) is 0 Å². The van der Waals surface area contributed by atoms with Crippen LogP contribution < -0.4 is 0 Å². The summed E-state index contributed by atoms with van der Waals surface area (Å²) in [7, 11) is 1.82. The third-order valence-corrected chi connectivity index (χ3v) is 3.58. The normalized spacial score (nSPS) is 18.6. The van der Waals surface area contributed by atoms with Crippen molar-refractivity contribution in [3.63, 3.8) is 0 Å². The SMILES string of the molecule is CCC(=O)N(C)C1CCCc2c(F)cccc21. The van der Waals surface area contributed by atoms with Gasteiger partial charge in [-0.25, -0.2) is 4.39 Å². The first-order valence-electron chi connectivity index (χ1n) is 6.18. The Balaban J connectivity index is 2.35. The van der Waals surface area contributed by atoms with E-state index in [9.17, 15) is 9.18 Å². The van der Waals surface area contributed by atoms with E-state index in [1.54, 1.807) is 11.0 Å². The van der Waals surface area contributed by atoms with Crippen LogP contribution in [-0.2, 0) is 11.2 Å². The van der Waals surface area contributed by atoms with E-state index in [0.29, 0.717) is 6.42 Å². The second kappa shape index (κ2) is 4.86. The molecule has 0 saturated heterocycles. The van der Waals surface area contributed by atoms with Gasteiger partial charge in [-0.1, -0.05) is 19.1 Å². The molecule has 0 N–H and O–H groups in total. The summed E-state index contributed by atoms with van der Waals surface area (Å²) in [6.45, 7) is 1.86. The Labute approximate surface area is 101 Å². The quantitative estimate of drug-likeness (QED) is 0.771. The maximum atomic E-state index is 13.7. The first-order chi connectivity index (χ1) is 8.15. The van der Waals surface area contributed by atoms with Gasteiger partial charge in [0.15, 0.2) is 0 Å². The van der Waals surface area contributed by atoms with Crippen LogP contribution in [0.4, 0.5) is 4.39 Å². The Morgan fingerprint density at radius 1 is 1.53 bits per heavy atom. The van der Waals surface area contributed by atoms with E-state index in [1.165, 1.54) is 6.07 Å². The van der Waals surface area contributed by atoms with E-state index < -0.39 is 0 Å². The second-order valence-electron chi connectivity index (χ2n) is 4.57. The molecule has 0 aromatic heterocycles. The molecule has 3 heteroatoms. The van der Waals surface area contributed by atoms with Crippen molar-refractivity contribution in [2.45, 2.75) is 38.6 Å². The number of carbonyl (C=O) groups excluding carboxylic acids is 1. The zero-order valence-electron chi connectivity index (χ0n) is 10.4. The van der Waals surface area contributed by atoms with E-state index >= 15 is 0 Å². The fraction of sp³-hybridized carbons (Fsp3) is 0.500. The summed E-state index contributed by atoms with van der Waals surface area (Å²) in [6.07, 6.45) is 3.16. The molecule has 0 saturated carbocycles. The predicted octanol–water partition coefficient (Wildman–Crippen LogP) is 3.07. The van der Waals surface area contributed by atoms with Crippen LogP contribution in [0.2, 0.25) is 0 Å². The Morgan fingerprint density at radius 3 is 3.00 bits per heavy atom. The van der Waals surface area contributed by atoms with Gasteiger partial charge in [-0.2, -0.15) is 0 Å². The molecule has 2 nitrogen and oxygen atoms in total. The molecule has 1 amide bonds. The van der Waals surface area contributed by atoms with E-state index in [-0.39, 0.29) is 17.8 Å². The number of nitrogens with zero attached hydrogens (tertiary/aromatic N) is 1. The fourth-order valence-electron chi connectivity index (χ4n) is 2.60. The molecule has 1 aromatic carbocycles. The van der Waals surface area contributed by atoms with Gasteiger partial charge in [0.25, 0.3) is 0 Å².